The van der Waals surface area contributed by atoms with Crippen LogP contribution < -0.4 is 10.6 Å². The Hall–Kier alpha value is -1.14. The summed E-state index contributed by atoms with van der Waals surface area (Å²) in [6.45, 7) is 6.32. The van der Waals surface area contributed by atoms with E-state index in [9.17, 15) is 9.59 Å². The number of hydrogen-bond donors (Lipinski definition) is 2. The molecule has 2 fully saturated rings. The van der Waals surface area contributed by atoms with Gasteiger partial charge in [-0.25, -0.2) is 0 Å². The highest BCUT2D eigenvalue weighted by Crippen LogP contribution is 2.31. The monoisotopic (exact) mass is 283 g/mol. The molecule has 6 nitrogen and oxygen atoms in total. The Morgan fingerprint density at radius 3 is 2.80 bits per heavy atom. The Morgan fingerprint density at radius 1 is 1.40 bits per heavy atom. The topological polar surface area (TPSA) is 70.7 Å². The Morgan fingerprint density at radius 2 is 2.15 bits per heavy atom. The fourth-order valence-electron chi connectivity index (χ4n) is 3.05. The molecule has 0 bridgehead atoms. The minimum Gasteiger partial charge on any atom is -0.377 e. The zero-order valence-corrected chi connectivity index (χ0v) is 12.6. The minimum atomic E-state index is -0.513. The third-order valence-corrected chi connectivity index (χ3v) is 4.34. The normalized spacial score (nSPS) is 29.9. The summed E-state index contributed by atoms with van der Waals surface area (Å²) >= 11 is 0. The molecule has 0 aliphatic carbocycles. The van der Waals surface area contributed by atoms with Crippen LogP contribution in [-0.2, 0) is 14.3 Å². The Labute approximate surface area is 120 Å². The number of hydrogen-bond acceptors (Lipinski definition) is 4. The third kappa shape index (κ3) is 2.96. The Kier molecular flexibility index (Phi) is 4.65. The molecule has 2 saturated heterocycles. The van der Waals surface area contributed by atoms with Crippen LogP contribution in [0.15, 0.2) is 0 Å². The highest BCUT2D eigenvalue weighted by molar-refractivity contribution is 5.90. The summed E-state index contributed by atoms with van der Waals surface area (Å²) in [6.07, 6.45) is 2.10. The van der Waals surface area contributed by atoms with E-state index < -0.39 is 6.04 Å². The Bertz CT molecular complexity index is 384. The number of ether oxygens (including phenoxy) is 1. The first kappa shape index (κ1) is 15.3. The average Bonchev–Trinajstić information content (AvgIpc) is 2.45. The smallest absolute Gasteiger partial charge is 0.244 e. The first-order valence-electron chi connectivity index (χ1n) is 7.30. The van der Waals surface area contributed by atoms with Gasteiger partial charge in [0.25, 0.3) is 0 Å². The maximum Gasteiger partial charge on any atom is 0.244 e. The molecule has 114 valence electrons. The second-order valence-electron chi connectivity index (χ2n) is 6.22. The van der Waals surface area contributed by atoms with Gasteiger partial charge in [0, 0.05) is 13.6 Å². The zero-order valence-electron chi connectivity index (χ0n) is 12.6. The number of rotatable bonds is 2. The van der Waals surface area contributed by atoms with Crippen LogP contribution in [0.5, 0.6) is 0 Å². The van der Waals surface area contributed by atoms with Crippen molar-refractivity contribution in [3.05, 3.63) is 0 Å². The molecule has 2 N–H and O–H groups in total. The minimum absolute atomic E-state index is 0.0200. The standard InChI is InChI=1S/C14H25N3O3/c1-14(2)5-4-6-16-11(14)13(19)17-7-8-20-9-10(17)12(18)15-3/h10-11,16H,4-9H2,1-3H3,(H,15,18). The first-order valence-corrected chi connectivity index (χ1v) is 7.30. The predicted octanol–water partition coefficient (Wildman–Crippen LogP) is -0.262. The second kappa shape index (κ2) is 6.10. The van der Waals surface area contributed by atoms with Gasteiger partial charge >= 0.3 is 0 Å². The van der Waals surface area contributed by atoms with Crippen molar-refractivity contribution in [1.82, 2.24) is 15.5 Å². The van der Waals surface area contributed by atoms with Crippen LogP contribution in [0.3, 0.4) is 0 Å². The molecule has 2 rings (SSSR count). The van der Waals surface area contributed by atoms with Crippen LogP contribution in [0.2, 0.25) is 0 Å². The SMILES string of the molecule is CNC(=O)C1COCCN1C(=O)C1NCCCC1(C)C. The van der Waals surface area contributed by atoms with Crippen molar-refractivity contribution in [2.45, 2.75) is 38.8 Å². The molecule has 2 aliphatic heterocycles. The summed E-state index contributed by atoms with van der Waals surface area (Å²) in [7, 11) is 1.59. The van der Waals surface area contributed by atoms with Crippen LogP contribution in [-0.4, -0.2) is 62.1 Å². The maximum absolute atomic E-state index is 12.8. The molecule has 2 unspecified atom stereocenters. The van der Waals surface area contributed by atoms with Gasteiger partial charge in [0.2, 0.25) is 11.8 Å². The van der Waals surface area contributed by atoms with Crippen LogP contribution in [0, 0.1) is 5.41 Å². The number of carbonyl (C=O) groups is 2. The van der Waals surface area contributed by atoms with Crippen LogP contribution in [0.1, 0.15) is 26.7 Å². The number of carbonyl (C=O) groups excluding carboxylic acids is 2. The van der Waals surface area contributed by atoms with Crippen molar-refractivity contribution in [2.75, 3.05) is 33.4 Å². The van der Waals surface area contributed by atoms with Gasteiger partial charge in [-0.3, -0.25) is 9.59 Å². The van der Waals surface area contributed by atoms with Gasteiger partial charge < -0.3 is 20.3 Å². The number of nitrogens with one attached hydrogen (secondary N) is 2. The number of piperidine rings is 1. The number of nitrogens with zero attached hydrogens (tertiary/aromatic N) is 1. The molecule has 0 spiro atoms. The van der Waals surface area contributed by atoms with E-state index >= 15 is 0 Å². The molecular weight excluding hydrogens is 258 g/mol. The average molecular weight is 283 g/mol. The third-order valence-electron chi connectivity index (χ3n) is 4.34. The van der Waals surface area contributed by atoms with Crippen molar-refractivity contribution < 1.29 is 14.3 Å². The lowest BCUT2D eigenvalue weighted by molar-refractivity contribution is -0.152. The molecule has 2 amide bonds. The predicted molar refractivity (Wildman–Crippen MR) is 75.2 cm³/mol. The molecule has 0 aromatic carbocycles. The van der Waals surface area contributed by atoms with E-state index in [2.05, 4.69) is 24.5 Å². The lowest BCUT2D eigenvalue weighted by atomic mass is 9.77. The van der Waals surface area contributed by atoms with E-state index in [1.807, 2.05) is 0 Å². The summed E-state index contributed by atoms with van der Waals surface area (Å²) in [5, 5.41) is 5.93. The Balaban J connectivity index is 2.14. The lowest BCUT2D eigenvalue weighted by Gasteiger charge is -2.43. The van der Waals surface area contributed by atoms with Gasteiger partial charge in [-0.2, -0.15) is 0 Å². The number of likely N-dealkylation sites (N-methyl/N-ethyl adjacent to an activating group) is 1. The van der Waals surface area contributed by atoms with Crippen molar-refractivity contribution >= 4 is 11.8 Å². The second-order valence-corrected chi connectivity index (χ2v) is 6.22. The molecule has 0 aromatic rings. The molecular formula is C14H25N3O3. The summed E-state index contributed by atoms with van der Waals surface area (Å²) in [5.74, 6) is -0.140. The van der Waals surface area contributed by atoms with Gasteiger partial charge in [0.05, 0.1) is 19.3 Å². The molecule has 2 heterocycles. The molecule has 2 aliphatic rings. The van der Waals surface area contributed by atoms with Crippen LogP contribution >= 0.6 is 0 Å². The van der Waals surface area contributed by atoms with Crippen LogP contribution in [0.25, 0.3) is 0 Å². The van der Waals surface area contributed by atoms with E-state index in [1.54, 1.807) is 11.9 Å². The highest BCUT2D eigenvalue weighted by atomic mass is 16.5. The highest BCUT2D eigenvalue weighted by Gasteiger charge is 2.42. The van der Waals surface area contributed by atoms with Crippen LogP contribution in [0.4, 0.5) is 0 Å². The van der Waals surface area contributed by atoms with Gasteiger partial charge in [-0.1, -0.05) is 13.8 Å². The van der Waals surface area contributed by atoms with E-state index in [0.717, 1.165) is 19.4 Å². The molecule has 6 heteroatoms. The quantitative estimate of drug-likeness (QED) is 0.732. The summed E-state index contributed by atoms with van der Waals surface area (Å²) in [6, 6.07) is -0.734. The maximum atomic E-state index is 12.8. The fourth-order valence-corrected chi connectivity index (χ4v) is 3.05. The zero-order chi connectivity index (χ0) is 14.8. The largest absolute Gasteiger partial charge is 0.377 e. The summed E-state index contributed by atoms with van der Waals surface area (Å²) in [5.41, 5.74) is -0.0825. The molecule has 0 aromatic heterocycles. The molecule has 0 saturated carbocycles. The summed E-state index contributed by atoms with van der Waals surface area (Å²) in [4.78, 5) is 26.4. The fraction of sp³-hybridized carbons (Fsp3) is 0.857. The van der Waals surface area contributed by atoms with Gasteiger partial charge in [-0.05, 0) is 24.8 Å². The number of morpholine rings is 1. The van der Waals surface area contributed by atoms with Crippen molar-refractivity contribution in [2.24, 2.45) is 5.41 Å². The molecule has 0 radical (unpaired) electrons. The van der Waals surface area contributed by atoms with E-state index in [1.165, 1.54) is 0 Å². The van der Waals surface area contributed by atoms with Crippen molar-refractivity contribution in [3.63, 3.8) is 0 Å². The number of amides is 2. The molecule has 20 heavy (non-hydrogen) atoms. The van der Waals surface area contributed by atoms with E-state index in [-0.39, 0.29) is 29.9 Å². The molecule has 2 atom stereocenters. The van der Waals surface area contributed by atoms with Gasteiger partial charge in [-0.15, -0.1) is 0 Å². The van der Waals surface area contributed by atoms with Crippen molar-refractivity contribution in [3.8, 4) is 0 Å². The van der Waals surface area contributed by atoms with Crippen molar-refractivity contribution in [1.29, 1.82) is 0 Å². The summed E-state index contributed by atoms with van der Waals surface area (Å²) < 4.78 is 5.35. The first-order chi connectivity index (χ1) is 9.47. The van der Waals surface area contributed by atoms with E-state index in [4.69, 9.17) is 4.74 Å². The van der Waals surface area contributed by atoms with E-state index in [0.29, 0.717) is 13.2 Å². The van der Waals surface area contributed by atoms with Gasteiger partial charge in [0.15, 0.2) is 0 Å². The lowest BCUT2D eigenvalue weighted by Crippen LogP contribution is -2.63. The van der Waals surface area contributed by atoms with Gasteiger partial charge in [0.1, 0.15) is 6.04 Å².